The Bertz CT molecular complexity index is 389. The molecule has 2 aromatic rings. The zero-order valence-corrected chi connectivity index (χ0v) is 8.09. The van der Waals surface area contributed by atoms with Crippen molar-refractivity contribution in [2.45, 2.75) is 25.9 Å². The van der Waals surface area contributed by atoms with Crippen LogP contribution >= 0.6 is 0 Å². The highest BCUT2D eigenvalue weighted by Gasteiger charge is 2.03. The Hall–Kier alpha value is -1.42. The predicted octanol–water partition coefficient (Wildman–Crippen LogP) is 1.04. The van der Waals surface area contributed by atoms with Gasteiger partial charge in [0.05, 0.1) is 11.8 Å². The number of aliphatic hydroxyl groups is 1. The molecule has 4 nitrogen and oxygen atoms in total. The molecule has 0 aromatic carbocycles. The average Bonchev–Trinajstić information content (AvgIpc) is 2.57. The fraction of sp³-hybridized carbons (Fsp3) is 0.400. The molecule has 14 heavy (non-hydrogen) atoms. The molecular weight excluding hydrogens is 178 g/mol. The lowest BCUT2D eigenvalue weighted by Crippen LogP contribution is -2.01. The normalized spacial score (nSPS) is 13.3. The molecule has 1 N–H and O–H groups in total. The largest absolute Gasteiger partial charge is 0.393 e. The number of rotatable bonds is 3. The van der Waals surface area contributed by atoms with Gasteiger partial charge in [0.25, 0.3) is 0 Å². The third-order valence-corrected chi connectivity index (χ3v) is 2.11. The second-order valence-electron chi connectivity index (χ2n) is 3.45. The van der Waals surface area contributed by atoms with Gasteiger partial charge in [0.1, 0.15) is 0 Å². The molecule has 0 aliphatic heterocycles. The lowest BCUT2D eigenvalue weighted by atomic mass is 10.2. The minimum atomic E-state index is -0.271. The van der Waals surface area contributed by atoms with Crippen LogP contribution in [0.25, 0.3) is 5.65 Å². The number of aromatic nitrogens is 3. The molecule has 0 bridgehead atoms. The molecule has 74 valence electrons. The number of nitrogens with zero attached hydrogens (tertiary/aromatic N) is 3. The Balaban J connectivity index is 2.19. The molecular formula is C10H13N3O. The maximum atomic E-state index is 9.14. The summed E-state index contributed by atoms with van der Waals surface area (Å²) in [6.45, 7) is 1.79. The summed E-state index contributed by atoms with van der Waals surface area (Å²) in [5.41, 5.74) is 1.83. The van der Waals surface area contributed by atoms with Crippen LogP contribution in [-0.2, 0) is 6.42 Å². The monoisotopic (exact) mass is 191 g/mol. The van der Waals surface area contributed by atoms with E-state index in [-0.39, 0.29) is 6.10 Å². The van der Waals surface area contributed by atoms with Gasteiger partial charge in [-0.25, -0.2) is 9.50 Å². The molecule has 0 unspecified atom stereocenters. The standard InChI is InChI=1S/C10H13N3O/c1-8(14)3-4-9-7-10-11-5-2-6-13(10)12-9/h2,5-8,14H,3-4H2,1H3/t8-/m1/s1. The highest BCUT2D eigenvalue weighted by molar-refractivity contribution is 5.38. The molecule has 0 fully saturated rings. The van der Waals surface area contributed by atoms with E-state index in [1.165, 1.54) is 0 Å². The van der Waals surface area contributed by atoms with Gasteiger partial charge in [-0.15, -0.1) is 0 Å². The average molecular weight is 191 g/mol. The molecule has 0 amide bonds. The molecule has 0 aliphatic carbocycles. The maximum absolute atomic E-state index is 9.14. The van der Waals surface area contributed by atoms with Crippen molar-refractivity contribution in [3.63, 3.8) is 0 Å². The van der Waals surface area contributed by atoms with E-state index in [0.717, 1.165) is 24.2 Å². The molecule has 0 aliphatic rings. The zero-order valence-electron chi connectivity index (χ0n) is 8.09. The van der Waals surface area contributed by atoms with Crippen LogP contribution in [0.3, 0.4) is 0 Å². The van der Waals surface area contributed by atoms with E-state index >= 15 is 0 Å². The Kier molecular flexibility index (Phi) is 2.45. The van der Waals surface area contributed by atoms with Crippen molar-refractivity contribution in [1.82, 2.24) is 14.6 Å². The van der Waals surface area contributed by atoms with Crippen molar-refractivity contribution in [2.24, 2.45) is 0 Å². The van der Waals surface area contributed by atoms with E-state index in [1.54, 1.807) is 17.6 Å². The Morgan fingerprint density at radius 3 is 3.14 bits per heavy atom. The fourth-order valence-electron chi connectivity index (χ4n) is 1.36. The van der Waals surface area contributed by atoms with Crippen LogP contribution in [0.15, 0.2) is 24.5 Å². The molecule has 2 heterocycles. The maximum Gasteiger partial charge on any atom is 0.155 e. The second-order valence-corrected chi connectivity index (χ2v) is 3.45. The van der Waals surface area contributed by atoms with Gasteiger partial charge in [0, 0.05) is 18.5 Å². The van der Waals surface area contributed by atoms with Crippen LogP contribution in [0.4, 0.5) is 0 Å². The summed E-state index contributed by atoms with van der Waals surface area (Å²) in [5, 5.41) is 13.5. The van der Waals surface area contributed by atoms with E-state index < -0.39 is 0 Å². The SMILES string of the molecule is C[C@@H](O)CCc1cc2ncccn2n1. The van der Waals surface area contributed by atoms with E-state index in [9.17, 15) is 0 Å². The van der Waals surface area contributed by atoms with Crippen molar-refractivity contribution in [1.29, 1.82) is 0 Å². The first-order valence-corrected chi connectivity index (χ1v) is 4.73. The minimum Gasteiger partial charge on any atom is -0.393 e. The molecule has 0 saturated carbocycles. The number of hydrogen-bond acceptors (Lipinski definition) is 3. The summed E-state index contributed by atoms with van der Waals surface area (Å²) in [6, 6.07) is 3.79. The molecule has 2 aromatic heterocycles. The summed E-state index contributed by atoms with van der Waals surface area (Å²) >= 11 is 0. The highest BCUT2D eigenvalue weighted by Crippen LogP contribution is 2.06. The van der Waals surface area contributed by atoms with Gasteiger partial charge in [0.15, 0.2) is 5.65 Å². The van der Waals surface area contributed by atoms with Gasteiger partial charge >= 0.3 is 0 Å². The zero-order chi connectivity index (χ0) is 9.97. The predicted molar refractivity (Wildman–Crippen MR) is 53.0 cm³/mol. The van der Waals surface area contributed by atoms with Gasteiger partial charge in [-0.2, -0.15) is 5.10 Å². The first kappa shape index (κ1) is 9.15. The molecule has 0 radical (unpaired) electrons. The summed E-state index contributed by atoms with van der Waals surface area (Å²) in [5.74, 6) is 0. The molecule has 2 rings (SSSR count). The minimum absolute atomic E-state index is 0.271. The van der Waals surface area contributed by atoms with Gasteiger partial charge in [-0.05, 0) is 25.8 Å². The topological polar surface area (TPSA) is 50.4 Å². The van der Waals surface area contributed by atoms with Crippen molar-refractivity contribution in [2.75, 3.05) is 0 Å². The summed E-state index contributed by atoms with van der Waals surface area (Å²) in [4.78, 5) is 4.17. The number of hydrogen-bond donors (Lipinski definition) is 1. The second kappa shape index (κ2) is 3.75. The van der Waals surface area contributed by atoms with E-state index in [2.05, 4.69) is 10.1 Å². The summed E-state index contributed by atoms with van der Waals surface area (Å²) in [6.07, 6.45) is 4.88. The smallest absolute Gasteiger partial charge is 0.155 e. The molecule has 0 spiro atoms. The van der Waals surface area contributed by atoms with Crippen molar-refractivity contribution >= 4 is 5.65 Å². The van der Waals surface area contributed by atoms with Gasteiger partial charge in [-0.1, -0.05) is 0 Å². The van der Waals surface area contributed by atoms with Crippen LogP contribution in [0.2, 0.25) is 0 Å². The van der Waals surface area contributed by atoms with Crippen LogP contribution in [0, 0.1) is 0 Å². The quantitative estimate of drug-likeness (QED) is 0.788. The van der Waals surface area contributed by atoms with E-state index in [0.29, 0.717) is 0 Å². The van der Waals surface area contributed by atoms with Crippen LogP contribution < -0.4 is 0 Å². The van der Waals surface area contributed by atoms with Crippen molar-refractivity contribution in [3.05, 3.63) is 30.2 Å². The van der Waals surface area contributed by atoms with Crippen molar-refractivity contribution < 1.29 is 5.11 Å². The lowest BCUT2D eigenvalue weighted by Gasteiger charge is -1.99. The van der Waals surface area contributed by atoms with Crippen LogP contribution in [0.5, 0.6) is 0 Å². The summed E-state index contributed by atoms with van der Waals surface area (Å²) < 4.78 is 1.75. The first-order valence-electron chi connectivity index (χ1n) is 4.73. The molecule has 0 saturated heterocycles. The van der Waals surface area contributed by atoms with Crippen LogP contribution in [0.1, 0.15) is 19.0 Å². The van der Waals surface area contributed by atoms with Gasteiger partial charge < -0.3 is 5.11 Å². The summed E-state index contributed by atoms with van der Waals surface area (Å²) in [7, 11) is 0. The van der Waals surface area contributed by atoms with Crippen molar-refractivity contribution in [3.8, 4) is 0 Å². The lowest BCUT2D eigenvalue weighted by molar-refractivity contribution is 0.184. The molecule has 4 heteroatoms. The molecule has 1 atom stereocenters. The Morgan fingerprint density at radius 1 is 1.57 bits per heavy atom. The van der Waals surface area contributed by atoms with E-state index in [4.69, 9.17) is 5.11 Å². The number of aliphatic hydroxyl groups excluding tert-OH is 1. The Morgan fingerprint density at radius 2 is 2.43 bits per heavy atom. The van der Waals surface area contributed by atoms with Gasteiger partial charge in [-0.3, -0.25) is 0 Å². The first-order chi connectivity index (χ1) is 6.75. The number of fused-ring (bicyclic) bond motifs is 1. The number of aryl methyl sites for hydroxylation is 1. The Labute approximate surface area is 82.2 Å². The third kappa shape index (κ3) is 1.90. The van der Waals surface area contributed by atoms with E-state index in [1.807, 2.05) is 18.3 Å². The van der Waals surface area contributed by atoms with Gasteiger partial charge in [0.2, 0.25) is 0 Å². The fourth-order valence-corrected chi connectivity index (χ4v) is 1.36. The van der Waals surface area contributed by atoms with Crippen LogP contribution in [-0.4, -0.2) is 25.8 Å². The highest BCUT2D eigenvalue weighted by atomic mass is 16.3. The third-order valence-electron chi connectivity index (χ3n) is 2.11.